The Bertz CT molecular complexity index is 983. The van der Waals surface area contributed by atoms with Gasteiger partial charge in [0.25, 0.3) is 5.91 Å². The molecule has 1 amide bonds. The van der Waals surface area contributed by atoms with Crippen LogP contribution in [0.1, 0.15) is 52.8 Å². The maximum atomic E-state index is 13.4. The first-order chi connectivity index (χ1) is 14.3. The van der Waals surface area contributed by atoms with Crippen molar-refractivity contribution < 1.29 is 9.90 Å². The normalized spacial score (nSPS) is 12.4. The van der Waals surface area contributed by atoms with Crippen LogP contribution in [0, 0.1) is 20.8 Å². The Labute approximate surface area is 178 Å². The van der Waals surface area contributed by atoms with Crippen molar-refractivity contribution in [3.63, 3.8) is 0 Å². The number of aliphatic hydroxyl groups is 1. The van der Waals surface area contributed by atoms with E-state index in [2.05, 4.69) is 23.8 Å². The van der Waals surface area contributed by atoms with Gasteiger partial charge in [-0.1, -0.05) is 96.4 Å². The van der Waals surface area contributed by atoms with Gasteiger partial charge in [-0.25, -0.2) is 5.43 Å². The third kappa shape index (κ3) is 4.61. The van der Waals surface area contributed by atoms with Crippen LogP contribution in [0.15, 0.2) is 72.8 Å². The fourth-order valence-electron chi connectivity index (χ4n) is 3.72. The Morgan fingerprint density at radius 3 is 1.83 bits per heavy atom. The molecule has 0 aliphatic carbocycles. The third-order valence-electron chi connectivity index (χ3n) is 5.41. The van der Waals surface area contributed by atoms with E-state index >= 15 is 0 Å². The van der Waals surface area contributed by atoms with Gasteiger partial charge >= 0.3 is 0 Å². The largest absolute Gasteiger partial charge is 0.372 e. The molecule has 0 saturated carbocycles. The van der Waals surface area contributed by atoms with E-state index in [1.165, 1.54) is 0 Å². The first kappa shape index (κ1) is 21.8. The number of hydrazine groups is 1. The van der Waals surface area contributed by atoms with Crippen LogP contribution in [0.2, 0.25) is 0 Å². The van der Waals surface area contributed by atoms with Crippen LogP contribution in [0.4, 0.5) is 0 Å². The highest BCUT2D eigenvalue weighted by atomic mass is 16.3. The van der Waals surface area contributed by atoms with Gasteiger partial charge in [0.05, 0.1) is 6.04 Å². The lowest BCUT2D eigenvalue weighted by Gasteiger charge is -2.30. The van der Waals surface area contributed by atoms with Gasteiger partial charge in [-0.15, -0.1) is 0 Å². The highest BCUT2D eigenvalue weighted by molar-refractivity contribution is 5.89. The molecule has 1 atom stereocenters. The molecule has 0 radical (unpaired) electrons. The average Bonchev–Trinajstić information content (AvgIpc) is 2.73. The number of hydrogen-bond donors (Lipinski definition) is 3. The van der Waals surface area contributed by atoms with E-state index in [0.717, 1.165) is 28.7 Å². The molecule has 3 N–H and O–H groups in total. The number of carbonyl (C=O) groups excluding carboxylic acids is 1. The highest BCUT2D eigenvalue weighted by Crippen LogP contribution is 2.31. The topological polar surface area (TPSA) is 61.4 Å². The van der Waals surface area contributed by atoms with Gasteiger partial charge in [0.1, 0.15) is 0 Å². The van der Waals surface area contributed by atoms with Crippen molar-refractivity contribution in [2.45, 2.75) is 45.8 Å². The zero-order chi connectivity index (χ0) is 21.7. The van der Waals surface area contributed by atoms with Crippen molar-refractivity contribution in [1.82, 2.24) is 10.9 Å². The Kier molecular flexibility index (Phi) is 6.70. The summed E-state index contributed by atoms with van der Waals surface area (Å²) in [6.45, 7) is 7.99. The summed E-state index contributed by atoms with van der Waals surface area (Å²) in [6, 6.07) is 23.0. The molecular weight excluding hydrogens is 372 g/mol. The minimum absolute atomic E-state index is 0.0619. The number of benzene rings is 3. The minimum atomic E-state index is -1.81. The highest BCUT2D eigenvalue weighted by Gasteiger charge is 2.40. The number of amides is 1. The van der Waals surface area contributed by atoms with Crippen molar-refractivity contribution >= 4 is 5.91 Å². The molecule has 4 nitrogen and oxygen atoms in total. The maximum absolute atomic E-state index is 13.4. The summed E-state index contributed by atoms with van der Waals surface area (Å²) < 4.78 is 0. The Morgan fingerprint density at radius 2 is 1.37 bits per heavy atom. The fraction of sp³-hybridized carbons (Fsp3) is 0.269. The van der Waals surface area contributed by atoms with Crippen molar-refractivity contribution in [3.8, 4) is 0 Å². The second kappa shape index (κ2) is 9.24. The van der Waals surface area contributed by atoms with Crippen molar-refractivity contribution in [2.75, 3.05) is 0 Å². The molecule has 0 unspecified atom stereocenters. The standard InChI is InChI=1S/C26H30N2O2/c1-5-24(21-12-6-9-18(2)15-21)27-28-25(29)26(30,22-13-7-10-19(3)16-22)23-14-8-11-20(4)17-23/h6-17,24,27,30H,5H2,1-4H3,(H,28,29)/t24-/m1/s1. The molecule has 30 heavy (non-hydrogen) atoms. The quantitative estimate of drug-likeness (QED) is 0.506. The summed E-state index contributed by atoms with van der Waals surface area (Å²) in [4.78, 5) is 13.4. The smallest absolute Gasteiger partial charge is 0.275 e. The van der Waals surface area contributed by atoms with Crippen LogP contribution in [0.5, 0.6) is 0 Å². The molecule has 3 aromatic carbocycles. The van der Waals surface area contributed by atoms with Crippen LogP contribution in [0.3, 0.4) is 0 Å². The van der Waals surface area contributed by atoms with E-state index < -0.39 is 11.5 Å². The summed E-state index contributed by atoms with van der Waals surface area (Å²) in [5.41, 5.74) is 9.39. The van der Waals surface area contributed by atoms with E-state index in [4.69, 9.17) is 0 Å². The van der Waals surface area contributed by atoms with E-state index in [-0.39, 0.29) is 6.04 Å². The summed E-state index contributed by atoms with van der Waals surface area (Å²) in [5, 5.41) is 11.7. The van der Waals surface area contributed by atoms with Gasteiger partial charge in [0, 0.05) is 0 Å². The van der Waals surface area contributed by atoms with E-state index in [0.29, 0.717) is 11.1 Å². The molecular formula is C26H30N2O2. The van der Waals surface area contributed by atoms with Gasteiger partial charge in [-0.2, -0.15) is 0 Å². The number of aryl methyl sites for hydroxylation is 3. The van der Waals surface area contributed by atoms with Crippen molar-refractivity contribution in [1.29, 1.82) is 0 Å². The van der Waals surface area contributed by atoms with Crippen LogP contribution < -0.4 is 10.9 Å². The first-order valence-electron chi connectivity index (χ1n) is 10.3. The van der Waals surface area contributed by atoms with E-state index in [9.17, 15) is 9.90 Å². The van der Waals surface area contributed by atoms with Crippen molar-refractivity contribution in [3.05, 3.63) is 106 Å². The molecule has 3 aromatic rings. The molecule has 0 heterocycles. The molecule has 0 fully saturated rings. The second-order valence-corrected chi connectivity index (χ2v) is 7.92. The Balaban J connectivity index is 1.92. The number of nitrogens with one attached hydrogen (secondary N) is 2. The van der Waals surface area contributed by atoms with Crippen LogP contribution in [-0.2, 0) is 10.4 Å². The van der Waals surface area contributed by atoms with Crippen LogP contribution >= 0.6 is 0 Å². The molecule has 0 saturated heterocycles. The summed E-state index contributed by atoms with van der Waals surface area (Å²) in [6.07, 6.45) is 0.789. The van der Waals surface area contributed by atoms with Crippen LogP contribution in [-0.4, -0.2) is 11.0 Å². The van der Waals surface area contributed by atoms with E-state index in [1.54, 1.807) is 12.1 Å². The Morgan fingerprint density at radius 1 is 0.867 bits per heavy atom. The predicted octanol–water partition coefficient (Wildman–Crippen LogP) is 4.62. The monoisotopic (exact) mass is 402 g/mol. The maximum Gasteiger partial charge on any atom is 0.275 e. The first-order valence-corrected chi connectivity index (χ1v) is 10.3. The zero-order valence-corrected chi connectivity index (χ0v) is 18.1. The number of carbonyl (C=O) groups is 1. The number of hydrogen-bond acceptors (Lipinski definition) is 3. The molecule has 156 valence electrons. The molecule has 0 aliphatic rings. The van der Waals surface area contributed by atoms with Crippen molar-refractivity contribution in [2.24, 2.45) is 0 Å². The molecule has 0 bridgehead atoms. The minimum Gasteiger partial charge on any atom is -0.372 e. The lowest BCUT2D eigenvalue weighted by molar-refractivity contribution is -0.138. The molecule has 0 aromatic heterocycles. The second-order valence-electron chi connectivity index (χ2n) is 7.92. The zero-order valence-electron chi connectivity index (χ0n) is 18.1. The van der Waals surface area contributed by atoms with Gasteiger partial charge in [0.15, 0.2) is 5.60 Å². The molecule has 0 aliphatic heterocycles. The molecule has 0 spiro atoms. The summed E-state index contributed by atoms with van der Waals surface area (Å²) in [7, 11) is 0. The fourth-order valence-corrected chi connectivity index (χ4v) is 3.72. The van der Waals surface area contributed by atoms with Gasteiger partial charge in [-0.3, -0.25) is 10.2 Å². The lowest BCUT2D eigenvalue weighted by atomic mass is 9.84. The Hall–Kier alpha value is -2.95. The van der Waals surface area contributed by atoms with Gasteiger partial charge < -0.3 is 5.11 Å². The average molecular weight is 403 g/mol. The van der Waals surface area contributed by atoms with E-state index in [1.807, 2.05) is 75.4 Å². The number of rotatable bonds is 7. The molecule has 4 heteroatoms. The lowest BCUT2D eigenvalue weighted by Crippen LogP contribution is -2.51. The molecule has 3 rings (SSSR count). The SMILES string of the molecule is CC[C@@H](NNC(=O)C(O)(c1cccc(C)c1)c1cccc(C)c1)c1cccc(C)c1. The van der Waals surface area contributed by atoms with Crippen LogP contribution in [0.25, 0.3) is 0 Å². The third-order valence-corrected chi connectivity index (χ3v) is 5.41. The summed E-state index contributed by atoms with van der Waals surface area (Å²) >= 11 is 0. The van der Waals surface area contributed by atoms with Gasteiger partial charge in [-0.05, 0) is 43.9 Å². The summed E-state index contributed by atoms with van der Waals surface area (Å²) in [5.74, 6) is -0.509. The van der Waals surface area contributed by atoms with Gasteiger partial charge in [0.2, 0.25) is 0 Å². The predicted molar refractivity (Wildman–Crippen MR) is 121 cm³/mol.